The highest BCUT2D eigenvalue weighted by atomic mass is 35.5. The molecule has 1 heterocycles. The van der Waals surface area contributed by atoms with Crippen molar-refractivity contribution in [3.63, 3.8) is 0 Å². The zero-order valence-corrected chi connectivity index (χ0v) is 22.0. The number of amides is 2. The van der Waals surface area contributed by atoms with Crippen LogP contribution in [0, 0.1) is 17.7 Å². The Morgan fingerprint density at radius 2 is 1.86 bits per heavy atom. The van der Waals surface area contributed by atoms with E-state index in [-0.39, 0.29) is 35.0 Å². The summed E-state index contributed by atoms with van der Waals surface area (Å²) in [5.41, 5.74) is 0.958. The minimum atomic E-state index is -0.503. The summed E-state index contributed by atoms with van der Waals surface area (Å²) in [6, 6.07) is 10.9. The molecule has 35 heavy (non-hydrogen) atoms. The van der Waals surface area contributed by atoms with Gasteiger partial charge in [-0.05, 0) is 80.5 Å². The lowest BCUT2D eigenvalue weighted by molar-refractivity contribution is -0.148. The molecule has 4 rings (SSSR count). The maximum absolute atomic E-state index is 14.7. The number of carbonyl (C=O) groups excluding carboxylic acids is 2. The molecule has 1 aliphatic heterocycles. The first-order valence-electron chi connectivity index (χ1n) is 12.3. The average Bonchev–Trinajstić information content (AvgIpc) is 3.39. The molecule has 2 amide bonds. The number of hydrogen-bond acceptors (Lipinski definition) is 3. The van der Waals surface area contributed by atoms with Crippen molar-refractivity contribution >= 4 is 23.4 Å². The molecular formula is C28H35ClFN3O2. The van der Waals surface area contributed by atoms with Crippen molar-refractivity contribution in [3.05, 3.63) is 70.0 Å². The average molecular weight is 500 g/mol. The highest BCUT2D eigenvalue weighted by Crippen LogP contribution is 2.54. The van der Waals surface area contributed by atoms with Gasteiger partial charge in [0.25, 0.3) is 5.91 Å². The van der Waals surface area contributed by atoms with Crippen LogP contribution >= 0.6 is 11.6 Å². The summed E-state index contributed by atoms with van der Waals surface area (Å²) in [5, 5.41) is 7.29. The number of carbonyl (C=O) groups is 2. The molecule has 0 bridgehead atoms. The van der Waals surface area contributed by atoms with Gasteiger partial charge in [0.2, 0.25) is 5.91 Å². The van der Waals surface area contributed by atoms with Gasteiger partial charge in [0.1, 0.15) is 5.82 Å². The molecule has 2 aromatic rings. The summed E-state index contributed by atoms with van der Waals surface area (Å²) in [5.74, 6) is -0.240. The van der Waals surface area contributed by atoms with Gasteiger partial charge in [0, 0.05) is 22.5 Å². The first-order chi connectivity index (χ1) is 16.4. The second kappa shape index (κ2) is 9.21. The lowest BCUT2D eigenvalue weighted by Crippen LogP contribution is -2.68. The first kappa shape index (κ1) is 25.6. The maximum Gasteiger partial charge on any atom is 0.251 e. The van der Waals surface area contributed by atoms with Crippen molar-refractivity contribution in [2.75, 3.05) is 0 Å². The SMILES string of the molecule is CC(NC(=O)c1cc(F)cc(C(C)N2C(=O)CC(C)(C(C)C)NC23CC3C)c1)c1cccc(Cl)c1. The quantitative estimate of drug-likeness (QED) is 0.512. The number of nitrogens with one attached hydrogen (secondary N) is 2. The Bertz CT molecular complexity index is 1150. The van der Waals surface area contributed by atoms with Crippen LogP contribution in [0.5, 0.6) is 0 Å². The molecule has 5 unspecified atom stereocenters. The van der Waals surface area contributed by atoms with E-state index in [1.54, 1.807) is 18.2 Å². The van der Waals surface area contributed by atoms with E-state index in [0.717, 1.165) is 12.0 Å². The topological polar surface area (TPSA) is 61.4 Å². The van der Waals surface area contributed by atoms with E-state index >= 15 is 0 Å². The zero-order valence-electron chi connectivity index (χ0n) is 21.3. The van der Waals surface area contributed by atoms with E-state index in [9.17, 15) is 14.0 Å². The number of benzene rings is 2. The Hall–Kier alpha value is -2.44. The lowest BCUT2D eigenvalue weighted by Gasteiger charge is -2.51. The fourth-order valence-corrected chi connectivity index (χ4v) is 5.52. The van der Waals surface area contributed by atoms with Gasteiger partial charge in [0.15, 0.2) is 0 Å². The molecule has 1 aliphatic carbocycles. The van der Waals surface area contributed by atoms with Gasteiger partial charge in [-0.15, -0.1) is 0 Å². The fraction of sp³-hybridized carbons (Fsp3) is 0.500. The summed E-state index contributed by atoms with van der Waals surface area (Å²) in [4.78, 5) is 28.4. The molecule has 2 N–H and O–H groups in total. The summed E-state index contributed by atoms with van der Waals surface area (Å²) in [7, 11) is 0. The van der Waals surface area contributed by atoms with Crippen molar-refractivity contribution in [3.8, 4) is 0 Å². The van der Waals surface area contributed by atoms with Crippen LogP contribution in [0.15, 0.2) is 42.5 Å². The van der Waals surface area contributed by atoms with Crippen LogP contribution < -0.4 is 10.6 Å². The van der Waals surface area contributed by atoms with Gasteiger partial charge in [0.05, 0.1) is 17.7 Å². The fourth-order valence-electron chi connectivity index (χ4n) is 5.32. The van der Waals surface area contributed by atoms with Gasteiger partial charge in [-0.2, -0.15) is 0 Å². The number of rotatable bonds is 6. The van der Waals surface area contributed by atoms with Crippen LogP contribution in [0.1, 0.15) is 88.0 Å². The molecule has 1 saturated carbocycles. The number of hydrogen-bond donors (Lipinski definition) is 2. The molecule has 1 spiro atoms. The van der Waals surface area contributed by atoms with E-state index < -0.39 is 11.5 Å². The molecule has 2 aliphatic rings. The van der Waals surface area contributed by atoms with E-state index in [4.69, 9.17) is 11.6 Å². The second-order valence-electron chi connectivity index (χ2n) is 10.9. The third-order valence-corrected chi connectivity index (χ3v) is 8.25. The smallest absolute Gasteiger partial charge is 0.251 e. The van der Waals surface area contributed by atoms with Gasteiger partial charge in [-0.25, -0.2) is 4.39 Å². The van der Waals surface area contributed by atoms with Gasteiger partial charge in [-0.1, -0.05) is 44.5 Å². The molecule has 0 aromatic heterocycles. The van der Waals surface area contributed by atoms with Gasteiger partial charge < -0.3 is 10.2 Å². The monoisotopic (exact) mass is 499 g/mol. The molecule has 7 heteroatoms. The summed E-state index contributed by atoms with van der Waals surface area (Å²) < 4.78 is 14.7. The minimum Gasteiger partial charge on any atom is -0.346 e. The Labute approximate surface area is 212 Å². The Morgan fingerprint density at radius 1 is 1.17 bits per heavy atom. The molecule has 5 atom stereocenters. The second-order valence-corrected chi connectivity index (χ2v) is 11.3. The van der Waals surface area contributed by atoms with Crippen LogP contribution in [0.4, 0.5) is 4.39 Å². The van der Waals surface area contributed by atoms with Crippen molar-refractivity contribution in [2.24, 2.45) is 11.8 Å². The predicted octanol–water partition coefficient (Wildman–Crippen LogP) is 6.00. The predicted molar refractivity (Wildman–Crippen MR) is 137 cm³/mol. The standard InChI is InChI=1S/C28H35ClFN3O2/c1-16(2)27(6)15-25(34)33(28(32-27)14-17(28)3)19(5)21-10-22(13-24(30)12-21)26(35)31-18(4)20-8-7-9-23(29)11-20/h7-13,16-19,32H,14-15H2,1-6H3,(H,31,35). The largest absolute Gasteiger partial charge is 0.346 e. The Morgan fingerprint density at radius 3 is 2.46 bits per heavy atom. The van der Waals surface area contributed by atoms with Crippen molar-refractivity contribution in [1.82, 2.24) is 15.5 Å². The number of halogens is 2. The Balaban J connectivity index is 1.59. The normalized spacial score (nSPS) is 27.7. The van der Waals surface area contributed by atoms with Crippen LogP contribution in [0.2, 0.25) is 5.02 Å². The molecule has 2 fully saturated rings. The summed E-state index contributed by atoms with van der Waals surface area (Å²) in [6.07, 6.45) is 1.23. The van der Waals surface area contributed by atoms with E-state index in [1.807, 2.05) is 30.9 Å². The summed E-state index contributed by atoms with van der Waals surface area (Å²) in [6.45, 7) is 12.3. The summed E-state index contributed by atoms with van der Waals surface area (Å²) >= 11 is 6.08. The van der Waals surface area contributed by atoms with E-state index in [0.29, 0.717) is 28.8 Å². The van der Waals surface area contributed by atoms with Gasteiger partial charge in [-0.3, -0.25) is 14.9 Å². The van der Waals surface area contributed by atoms with Crippen LogP contribution in [-0.4, -0.2) is 27.9 Å². The first-order valence-corrected chi connectivity index (χ1v) is 12.7. The minimum absolute atomic E-state index is 0.0571. The van der Waals surface area contributed by atoms with Crippen molar-refractivity contribution < 1.29 is 14.0 Å². The number of nitrogens with zero attached hydrogens (tertiary/aromatic N) is 1. The van der Waals surface area contributed by atoms with E-state index in [1.165, 1.54) is 12.1 Å². The van der Waals surface area contributed by atoms with Crippen molar-refractivity contribution in [2.45, 2.75) is 77.7 Å². The maximum atomic E-state index is 14.7. The molecular weight excluding hydrogens is 465 g/mol. The van der Waals surface area contributed by atoms with Crippen LogP contribution in [0.25, 0.3) is 0 Å². The zero-order chi connectivity index (χ0) is 25.7. The lowest BCUT2D eigenvalue weighted by atomic mass is 9.81. The third-order valence-electron chi connectivity index (χ3n) is 8.01. The Kier molecular flexibility index (Phi) is 6.75. The molecule has 0 radical (unpaired) electrons. The van der Waals surface area contributed by atoms with E-state index in [2.05, 4.69) is 38.3 Å². The van der Waals surface area contributed by atoms with Crippen LogP contribution in [0.3, 0.4) is 0 Å². The van der Waals surface area contributed by atoms with Crippen molar-refractivity contribution in [1.29, 1.82) is 0 Å². The highest BCUT2D eigenvalue weighted by Gasteiger charge is 2.64. The third kappa shape index (κ3) is 4.83. The van der Waals surface area contributed by atoms with Gasteiger partial charge >= 0.3 is 0 Å². The molecule has 1 saturated heterocycles. The molecule has 188 valence electrons. The molecule has 2 aromatic carbocycles. The highest BCUT2D eigenvalue weighted by molar-refractivity contribution is 6.30. The molecule has 5 nitrogen and oxygen atoms in total. The van der Waals surface area contributed by atoms with Crippen LogP contribution in [-0.2, 0) is 4.79 Å².